The Bertz CT molecular complexity index is 621. The fourth-order valence-corrected chi connectivity index (χ4v) is 3.21. The summed E-state index contributed by atoms with van der Waals surface area (Å²) in [6, 6.07) is 9.98. The van der Waals surface area contributed by atoms with Crippen LogP contribution in [0.25, 0.3) is 0 Å². The van der Waals surface area contributed by atoms with E-state index in [-0.39, 0.29) is 0 Å². The lowest BCUT2D eigenvalue weighted by Crippen LogP contribution is -2.45. The molecule has 1 fully saturated rings. The van der Waals surface area contributed by atoms with Crippen LogP contribution in [0.2, 0.25) is 10.0 Å². The number of nitrogens with one attached hydrogen (secondary N) is 1. The van der Waals surface area contributed by atoms with Crippen molar-refractivity contribution in [2.45, 2.75) is 25.4 Å². The second-order valence-corrected chi connectivity index (χ2v) is 6.33. The third-order valence-electron chi connectivity index (χ3n) is 3.90. The molecule has 4 nitrogen and oxygen atoms in total. The number of rotatable bonds is 4. The van der Waals surface area contributed by atoms with E-state index in [1.54, 1.807) is 12.3 Å². The van der Waals surface area contributed by atoms with Gasteiger partial charge in [-0.2, -0.15) is 5.10 Å². The van der Waals surface area contributed by atoms with Crippen molar-refractivity contribution in [2.24, 2.45) is 0 Å². The van der Waals surface area contributed by atoms with Gasteiger partial charge in [-0.05, 0) is 42.7 Å². The van der Waals surface area contributed by atoms with E-state index in [4.69, 9.17) is 23.2 Å². The number of hydrogen-bond donors (Lipinski definition) is 1. The fourth-order valence-electron chi connectivity index (χ4n) is 2.73. The Morgan fingerprint density at radius 3 is 2.95 bits per heavy atom. The number of piperidine rings is 1. The molecule has 1 aliphatic heterocycles. The molecule has 1 aromatic carbocycles. The van der Waals surface area contributed by atoms with Crippen LogP contribution in [0.15, 0.2) is 36.5 Å². The average Bonchev–Trinajstić information content (AvgIpc) is 2.55. The maximum atomic E-state index is 6.22. The highest BCUT2D eigenvalue weighted by Crippen LogP contribution is 2.22. The first-order valence-corrected chi connectivity index (χ1v) is 8.18. The highest BCUT2D eigenvalue weighted by Gasteiger charge is 2.20. The summed E-state index contributed by atoms with van der Waals surface area (Å²) in [5.41, 5.74) is 1.07. The van der Waals surface area contributed by atoms with Gasteiger partial charge in [0.05, 0.1) is 0 Å². The second kappa shape index (κ2) is 7.27. The van der Waals surface area contributed by atoms with Gasteiger partial charge >= 0.3 is 0 Å². The predicted octanol–water partition coefficient (Wildman–Crippen LogP) is 3.54. The Labute approximate surface area is 140 Å². The van der Waals surface area contributed by atoms with Gasteiger partial charge in [0.25, 0.3) is 0 Å². The molecular weight excluding hydrogens is 319 g/mol. The van der Waals surface area contributed by atoms with Crippen molar-refractivity contribution in [3.8, 4) is 0 Å². The number of aromatic nitrogens is 2. The maximum absolute atomic E-state index is 6.22. The van der Waals surface area contributed by atoms with E-state index in [9.17, 15) is 0 Å². The molecule has 2 heterocycles. The van der Waals surface area contributed by atoms with Gasteiger partial charge in [0.2, 0.25) is 0 Å². The third kappa shape index (κ3) is 3.88. The Morgan fingerprint density at radius 2 is 2.18 bits per heavy atom. The summed E-state index contributed by atoms with van der Waals surface area (Å²) in [5, 5.41) is 13.1. The zero-order valence-electron chi connectivity index (χ0n) is 12.2. The normalized spacial score (nSPS) is 18.5. The van der Waals surface area contributed by atoms with Crippen molar-refractivity contribution < 1.29 is 0 Å². The topological polar surface area (TPSA) is 41.0 Å². The van der Waals surface area contributed by atoms with E-state index in [1.807, 2.05) is 24.3 Å². The second-order valence-electron chi connectivity index (χ2n) is 5.48. The smallest absolute Gasteiger partial charge is 0.151 e. The van der Waals surface area contributed by atoms with E-state index in [2.05, 4.69) is 20.4 Å². The molecule has 6 heteroatoms. The van der Waals surface area contributed by atoms with Crippen molar-refractivity contribution >= 4 is 29.0 Å². The molecule has 1 atom stereocenters. The Kier molecular flexibility index (Phi) is 5.13. The van der Waals surface area contributed by atoms with E-state index in [1.165, 1.54) is 0 Å². The molecule has 1 N–H and O–H groups in total. The molecule has 0 bridgehead atoms. The Balaban J connectivity index is 1.59. The molecule has 3 rings (SSSR count). The maximum Gasteiger partial charge on any atom is 0.151 e. The van der Waals surface area contributed by atoms with Crippen LogP contribution in [0, 0.1) is 0 Å². The van der Waals surface area contributed by atoms with Crippen LogP contribution < -0.4 is 10.2 Å². The van der Waals surface area contributed by atoms with Crippen molar-refractivity contribution in [2.75, 3.05) is 18.0 Å². The number of hydrogen-bond acceptors (Lipinski definition) is 4. The standard InChI is InChI=1S/C16H18Cl2N4/c17-13-6-5-12(15(18)9-13)10-19-14-3-2-8-22(11-14)16-4-1-7-20-21-16/h1,4-7,9,14,19H,2-3,8,10-11H2. The van der Waals surface area contributed by atoms with Crippen LogP contribution in [0.1, 0.15) is 18.4 Å². The molecule has 1 unspecified atom stereocenters. The summed E-state index contributed by atoms with van der Waals surface area (Å²) < 4.78 is 0. The van der Waals surface area contributed by atoms with E-state index < -0.39 is 0 Å². The SMILES string of the molecule is Clc1ccc(CNC2CCCN(c3cccnn3)C2)c(Cl)c1. The van der Waals surface area contributed by atoms with Crippen molar-refractivity contribution in [1.29, 1.82) is 0 Å². The van der Waals surface area contributed by atoms with Crippen LogP contribution in [0.5, 0.6) is 0 Å². The lowest BCUT2D eigenvalue weighted by atomic mass is 10.1. The summed E-state index contributed by atoms with van der Waals surface area (Å²) in [7, 11) is 0. The zero-order valence-corrected chi connectivity index (χ0v) is 13.7. The van der Waals surface area contributed by atoms with E-state index in [0.717, 1.165) is 43.9 Å². The fraction of sp³-hybridized carbons (Fsp3) is 0.375. The van der Waals surface area contributed by atoms with Crippen LogP contribution >= 0.6 is 23.2 Å². The van der Waals surface area contributed by atoms with E-state index >= 15 is 0 Å². The van der Waals surface area contributed by atoms with E-state index in [0.29, 0.717) is 16.1 Å². The highest BCUT2D eigenvalue weighted by atomic mass is 35.5. The van der Waals surface area contributed by atoms with Crippen LogP contribution in [0.4, 0.5) is 5.82 Å². The molecule has 0 amide bonds. The summed E-state index contributed by atoms with van der Waals surface area (Å²) in [6.07, 6.45) is 4.00. The first kappa shape index (κ1) is 15.5. The van der Waals surface area contributed by atoms with Crippen LogP contribution in [0.3, 0.4) is 0 Å². The summed E-state index contributed by atoms with van der Waals surface area (Å²) >= 11 is 12.1. The summed E-state index contributed by atoms with van der Waals surface area (Å²) in [5.74, 6) is 0.943. The minimum Gasteiger partial charge on any atom is -0.354 e. The van der Waals surface area contributed by atoms with Gasteiger partial charge < -0.3 is 10.2 Å². The first-order valence-electron chi connectivity index (χ1n) is 7.42. The molecule has 22 heavy (non-hydrogen) atoms. The molecule has 0 radical (unpaired) electrons. The molecule has 0 saturated carbocycles. The minimum atomic E-state index is 0.419. The number of anilines is 1. The van der Waals surface area contributed by atoms with Crippen molar-refractivity contribution in [3.63, 3.8) is 0 Å². The van der Waals surface area contributed by atoms with Gasteiger partial charge in [-0.25, -0.2) is 0 Å². The minimum absolute atomic E-state index is 0.419. The molecule has 0 aliphatic carbocycles. The molecule has 1 saturated heterocycles. The number of benzene rings is 1. The van der Waals surface area contributed by atoms with Crippen molar-refractivity contribution in [3.05, 3.63) is 52.1 Å². The monoisotopic (exact) mass is 336 g/mol. The number of halogens is 2. The molecule has 1 aliphatic rings. The molecular formula is C16H18Cl2N4. The third-order valence-corrected chi connectivity index (χ3v) is 4.49. The largest absolute Gasteiger partial charge is 0.354 e. The van der Waals surface area contributed by atoms with Gasteiger partial charge in [-0.3, -0.25) is 0 Å². The molecule has 0 spiro atoms. The average molecular weight is 337 g/mol. The van der Waals surface area contributed by atoms with Crippen molar-refractivity contribution in [1.82, 2.24) is 15.5 Å². The molecule has 2 aromatic rings. The zero-order chi connectivity index (χ0) is 15.4. The van der Waals surface area contributed by atoms with Gasteiger partial charge in [-0.1, -0.05) is 29.3 Å². The van der Waals surface area contributed by atoms with Crippen LogP contribution in [-0.4, -0.2) is 29.3 Å². The van der Waals surface area contributed by atoms with Gasteiger partial charge in [0.15, 0.2) is 5.82 Å². The lowest BCUT2D eigenvalue weighted by molar-refractivity contribution is 0.419. The number of nitrogens with zero attached hydrogens (tertiary/aromatic N) is 3. The summed E-state index contributed by atoms with van der Waals surface area (Å²) in [6.45, 7) is 2.71. The molecule has 1 aromatic heterocycles. The highest BCUT2D eigenvalue weighted by molar-refractivity contribution is 6.35. The Hall–Kier alpha value is -1.36. The van der Waals surface area contributed by atoms with Gasteiger partial charge in [-0.15, -0.1) is 5.10 Å². The quantitative estimate of drug-likeness (QED) is 0.927. The molecule has 116 valence electrons. The van der Waals surface area contributed by atoms with Gasteiger partial charge in [0, 0.05) is 41.9 Å². The van der Waals surface area contributed by atoms with Gasteiger partial charge in [0.1, 0.15) is 0 Å². The first-order chi connectivity index (χ1) is 10.7. The Morgan fingerprint density at radius 1 is 1.27 bits per heavy atom. The summed E-state index contributed by atoms with van der Waals surface area (Å²) in [4.78, 5) is 2.28. The lowest BCUT2D eigenvalue weighted by Gasteiger charge is -2.33. The van der Waals surface area contributed by atoms with Crippen LogP contribution in [-0.2, 0) is 6.54 Å². The predicted molar refractivity (Wildman–Crippen MR) is 90.6 cm³/mol.